The molecule has 2 rings (SSSR count). The van der Waals surface area contributed by atoms with Crippen molar-refractivity contribution in [1.29, 1.82) is 0 Å². The molecule has 1 aliphatic carbocycles. The van der Waals surface area contributed by atoms with Crippen LogP contribution in [0, 0.1) is 0 Å². The molecule has 0 aromatic carbocycles. The third-order valence-electron chi connectivity index (χ3n) is 2.07. The minimum Gasteiger partial charge on any atom is -0.458 e. The van der Waals surface area contributed by atoms with E-state index in [9.17, 15) is 4.79 Å². The first-order chi connectivity index (χ1) is 5.77. The van der Waals surface area contributed by atoms with E-state index in [1.807, 2.05) is 0 Å². The maximum Gasteiger partial charge on any atom is 0.303 e. The van der Waals surface area contributed by atoms with Gasteiger partial charge in [-0.2, -0.15) is 0 Å². The van der Waals surface area contributed by atoms with E-state index in [0.717, 1.165) is 12.8 Å². The van der Waals surface area contributed by atoms with Crippen LogP contribution in [0.4, 0.5) is 0 Å². The minimum atomic E-state index is -0.181. The van der Waals surface area contributed by atoms with E-state index >= 15 is 0 Å². The highest BCUT2D eigenvalue weighted by molar-refractivity contribution is 7.10. The summed E-state index contributed by atoms with van der Waals surface area (Å²) in [5, 5.41) is 2.06. The molecule has 0 spiro atoms. The van der Waals surface area contributed by atoms with Crippen LogP contribution in [0.3, 0.4) is 0 Å². The lowest BCUT2D eigenvalue weighted by atomic mass is 10.2. The van der Waals surface area contributed by atoms with E-state index in [-0.39, 0.29) is 12.1 Å². The van der Waals surface area contributed by atoms with Gasteiger partial charge in [-0.05, 0) is 24.3 Å². The van der Waals surface area contributed by atoms with Gasteiger partial charge in [0.1, 0.15) is 6.10 Å². The van der Waals surface area contributed by atoms with Crippen LogP contribution in [-0.4, -0.2) is 5.97 Å². The second-order valence-electron chi connectivity index (χ2n) is 2.94. The van der Waals surface area contributed by atoms with E-state index in [1.165, 1.54) is 17.4 Å². The first kappa shape index (κ1) is 7.80. The summed E-state index contributed by atoms with van der Waals surface area (Å²) in [5.41, 5.74) is 1.22. The van der Waals surface area contributed by atoms with Crippen LogP contribution in [0.5, 0.6) is 0 Å². The van der Waals surface area contributed by atoms with Crippen LogP contribution in [0.25, 0.3) is 0 Å². The minimum absolute atomic E-state index is 0.0312. The summed E-state index contributed by atoms with van der Waals surface area (Å²) in [6, 6.07) is 2.06. The molecule has 0 bridgehead atoms. The number of aryl methyl sites for hydroxylation is 1. The van der Waals surface area contributed by atoms with E-state index in [4.69, 9.17) is 4.74 Å². The van der Waals surface area contributed by atoms with E-state index in [2.05, 4.69) is 11.4 Å². The summed E-state index contributed by atoms with van der Waals surface area (Å²) < 4.78 is 5.16. The monoisotopic (exact) mass is 182 g/mol. The van der Waals surface area contributed by atoms with Gasteiger partial charge in [-0.25, -0.2) is 0 Å². The normalized spacial score (nSPS) is 20.6. The summed E-state index contributed by atoms with van der Waals surface area (Å²) in [6.45, 7) is 1.46. The number of rotatable bonds is 1. The van der Waals surface area contributed by atoms with Crippen molar-refractivity contribution < 1.29 is 9.53 Å². The number of hydrogen-bond donors (Lipinski definition) is 0. The predicted molar refractivity (Wildman–Crippen MR) is 47.1 cm³/mol. The van der Waals surface area contributed by atoms with Crippen molar-refractivity contribution in [3.05, 3.63) is 21.9 Å². The van der Waals surface area contributed by atoms with Crippen LogP contribution in [-0.2, 0) is 16.0 Å². The summed E-state index contributed by atoms with van der Waals surface area (Å²) in [5.74, 6) is -0.181. The number of hydrogen-bond acceptors (Lipinski definition) is 3. The maximum absolute atomic E-state index is 10.7. The summed E-state index contributed by atoms with van der Waals surface area (Å²) in [6.07, 6.45) is 2.05. The van der Waals surface area contributed by atoms with Gasteiger partial charge in [0.05, 0.1) is 0 Å². The van der Waals surface area contributed by atoms with Crippen molar-refractivity contribution >= 4 is 17.3 Å². The topological polar surface area (TPSA) is 26.3 Å². The van der Waals surface area contributed by atoms with Crippen molar-refractivity contribution in [1.82, 2.24) is 0 Å². The number of carbonyl (C=O) groups is 1. The summed E-state index contributed by atoms with van der Waals surface area (Å²) in [7, 11) is 0. The van der Waals surface area contributed by atoms with Gasteiger partial charge >= 0.3 is 5.97 Å². The lowest BCUT2D eigenvalue weighted by molar-refractivity contribution is -0.146. The highest BCUT2D eigenvalue weighted by atomic mass is 32.1. The molecule has 3 heteroatoms. The Labute approximate surface area is 75.2 Å². The zero-order valence-corrected chi connectivity index (χ0v) is 7.69. The average Bonchev–Trinajstić information content (AvgIpc) is 2.52. The fourth-order valence-electron chi connectivity index (χ4n) is 1.58. The van der Waals surface area contributed by atoms with Crippen LogP contribution in [0.1, 0.15) is 29.9 Å². The van der Waals surface area contributed by atoms with Crippen molar-refractivity contribution in [3.8, 4) is 0 Å². The van der Waals surface area contributed by atoms with Crippen molar-refractivity contribution in [2.45, 2.75) is 25.9 Å². The molecule has 1 aromatic rings. The molecule has 12 heavy (non-hydrogen) atoms. The van der Waals surface area contributed by atoms with Gasteiger partial charge in [0.15, 0.2) is 0 Å². The molecule has 2 nitrogen and oxygen atoms in total. The first-order valence-electron chi connectivity index (χ1n) is 4.01. The second-order valence-corrected chi connectivity index (χ2v) is 3.94. The fourth-order valence-corrected chi connectivity index (χ4v) is 2.53. The Balaban J connectivity index is 2.17. The van der Waals surface area contributed by atoms with Crippen LogP contribution >= 0.6 is 11.3 Å². The molecule has 0 amide bonds. The third-order valence-corrected chi connectivity index (χ3v) is 3.07. The molecule has 1 atom stereocenters. The summed E-state index contributed by atoms with van der Waals surface area (Å²) in [4.78, 5) is 12.1. The molecule has 1 aliphatic rings. The quantitative estimate of drug-likeness (QED) is 0.623. The van der Waals surface area contributed by atoms with Crippen LogP contribution in [0.15, 0.2) is 11.4 Å². The lowest BCUT2D eigenvalue weighted by Crippen LogP contribution is -2.04. The zero-order valence-electron chi connectivity index (χ0n) is 6.87. The van der Waals surface area contributed by atoms with Gasteiger partial charge in [-0.3, -0.25) is 4.79 Å². The fraction of sp³-hybridized carbons (Fsp3) is 0.444. The van der Waals surface area contributed by atoms with E-state index < -0.39 is 0 Å². The standard InChI is InChI=1S/C9H10O2S/c1-6(10)11-8-2-3-9-7(8)4-5-12-9/h4-5,8H,2-3H2,1H3/t8-/m1/s1. The van der Waals surface area contributed by atoms with Gasteiger partial charge in [-0.15, -0.1) is 11.3 Å². The number of esters is 1. The molecule has 1 heterocycles. The van der Waals surface area contributed by atoms with Crippen LogP contribution < -0.4 is 0 Å². The predicted octanol–water partition coefficient (Wildman–Crippen LogP) is 2.30. The van der Waals surface area contributed by atoms with Gasteiger partial charge in [0.2, 0.25) is 0 Å². The van der Waals surface area contributed by atoms with Gasteiger partial charge in [0.25, 0.3) is 0 Å². The lowest BCUT2D eigenvalue weighted by Gasteiger charge is -2.09. The van der Waals surface area contributed by atoms with E-state index in [1.54, 1.807) is 11.3 Å². The Morgan fingerprint density at radius 3 is 3.33 bits per heavy atom. The smallest absolute Gasteiger partial charge is 0.303 e. The summed E-state index contributed by atoms with van der Waals surface area (Å²) >= 11 is 1.75. The molecule has 0 fully saturated rings. The molecule has 0 unspecified atom stereocenters. The van der Waals surface area contributed by atoms with Crippen LogP contribution in [0.2, 0.25) is 0 Å². The molecular weight excluding hydrogens is 172 g/mol. The number of carbonyl (C=O) groups excluding carboxylic acids is 1. The molecule has 0 saturated heterocycles. The molecule has 0 N–H and O–H groups in total. The molecular formula is C9H10O2S. The van der Waals surface area contributed by atoms with Crippen molar-refractivity contribution in [2.75, 3.05) is 0 Å². The second kappa shape index (κ2) is 2.90. The highest BCUT2D eigenvalue weighted by Gasteiger charge is 2.25. The van der Waals surface area contributed by atoms with Crippen molar-refractivity contribution in [3.63, 3.8) is 0 Å². The van der Waals surface area contributed by atoms with Gasteiger partial charge in [0, 0.05) is 17.4 Å². The van der Waals surface area contributed by atoms with Gasteiger partial charge < -0.3 is 4.74 Å². The SMILES string of the molecule is CC(=O)O[C@@H]1CCc2sccc21. The molecule has 64 valence electrons. The first-order valence-corrected chi connectivity index (χ1v) is 4.89. The number of ether oxygens (including phenoxy) is 1. The Morgan fingerprint density at radius 2 is 2.58 bits per heavy atom. The average molecular weight is 182 g/mol. The maximum atomic E-state index is 10.7. The molecule has 0 radical (unpaired) electrons. The Hall–Kier alpha value is -0.830. The Morgan fingerprint density at radius 1 is 1.75 bits per heavy atom. The van der Waals surface area contributed by atoms with E-state index in [0.29, 0.717) is 0 Å². The Bertz CT molecular complexity index is 303. The third kappa shape index (κ3) is 1.25. The largest absolute Gasteiger partial charge is 0.458 e. The zero-order chi connectivity index (χ0) is 8.55. The molecule has 0 aliphatic heterocycles. The molecule has 0 saturated carbocycles. The van der Waals surface area contributed by atoms with Crippen molar-refractivity contribution in [2.24, 2.45) is 0 Å². The number of thiophene rings is 1. The van der Waals surface area contributed by atoms with Gasteiger partial charge in [-0.1, -0.05) is 0 Å². The Kier molecular flexibility index (Phi) is 1.89. The highest BCUT2D eigenvalue weighted by Crippen LogP contribution is 2.37. The molecule has 1 aromatic heterocycles. The number of fused-ring (bicyclic) bond motifs is 1.